The van der Waals surface area contributed by atoms with Crippen LogP contribution in [0.3, 0.4) is 0 Å². The number of halogens is 4. The molecule has 23 heavy (non-hydrogen) atoms. The number of sulfonamides is 1. The molecule has 0 radical (unpaired) electrons. The average molecular weight is 354 g/mol. The van der Waals surface area contributed by atoms with E-state index in [1.807, 2.05) is 0 Å². The zero-order valence-electron chi connectivity index (χ0n) is 11.8. The first kappa shape index (κ1) is 17.7. The average Bonchev–Trinajstić information content (AvgIpc) is 2.46. The van der Waals surface area contributed by atoms with Crippen LogP contribution in [-0.4, -0.2) is 31.7 Å². The number of rotatable bonds is 3. The monoisotopic (exact) mass is 354 g/mol. The molecule has 0 aliphatic carbocycles. The summed E-state index contributed by atoms with van der Waals surface area (Å²) in [6, 6.07) is 1.50. The van der Waals surface area contributed by atoms with E-state index in [0.717, 1.165) is 10.4 Å². The molecule has 1 aromatic carbocycles. The molecule has 1 saturated heterocycles. The lowest BCUT2D eigenvalue weighted by molar-refractivity contribution is -0.140. The van der Waals surface area contributed by atoms with Crippen molar-refractivity contribution in [3.63, 3.8) is 0 Å². The molecule has 1 aliphatic rings. The van der Waals surface area contributed by atoms with Crippen LogP contribution >= 0.6 is 0 Å². The van der Waals surface area contributed by atoms with Gasteiger partial charge in [-0.1, -0.05) is 0 Å². The first-order chi connectivity index (χ1) is 10.5. The molecule has 128 valence electrons. The Morgan fingerprint density at radius 1 is 1.30 bits per heavy atom. The maximum absolute atomic E-state index is 13.3. The number of carbonyl (C=O) groups excluding carboxylic acids is 1. The molecule has 2 rings (SSSR count). The van der Waals surface area contributed by atoms with E-state index in [9.17, 15) is 30.8 Å². The summed E-state index contributed by atoms with van der Waals surface area (Å²) in [6.07, 6.45) is -4.23. The standard InChI is InChI=1S/C13H14F4N2O3S/c14-11-4-3-9(6-10(11)13(15,16)17)23(21,22)19-5-1-2-8(7-19)12(18)20/h3-4,6,8H,1-2,5,7H2,(H2,18,20). The number of hydrogen-bond acceptors (Lipinski definition) is 3. The Morgan fingerprint density at radius 3 is 2.52 bits per heavy atom. The lowest BCUT2D eigenvalue weighted by atomic mass is 9.99. The van der Waals surface area contributed by atoms with Crippen molar-refractivity contribution in [3.05, 3.63) is 29.6 Å². The lowest BCUT2D eigenvalue weighted by Gasteiger charge is -2.30. The Balaban J connectivity index is 2.38. The molecule has 1 atom stereocenters. The SMILES string of the molecule is NC(=O)C1CCCN(S(=O)(=O)c2ccc(F)c(C(F)(F)F)c2)C1. The molecule has 0 spiro atoms. The first-order valence-corrected chi connectivity index (χ1v) is 8.13. The van der Waals surface area contributed by atoms with Crippen molar-refractivity contribution in [2.75, 3.05) is 13.1 Å². The summed E-state index contributed by atoms with van der Waals surface area (Å²) in [4.78, 5) is 10.5. The van der Waals surface area contributed by atoms with Gasteiger partial charge in [0, 0.05) is 13.1 Å². The Hall–Kier alpha value is -1.68. The second kappa shape index (κ2) is 6.08. The molecule has 1 heterocycles. The minimum Gasteiger partial charge on any atom is -0.369 e. The number of hydrogen-bond donors (Lipinski definition) is 1. The molecule has 0 aromatic heterocycles. The fraction of sp³-hybridized carbons (Fsp3) is 0.462. The summed E-state index contributed by atoms with van der Waals surface area (Å²) in [7, 11) is -4.27. The van der Waals surface area contributed by atoms with Crippen LogP contribution in [0.15, 0.2) is 23.1 Å². The van der Waals surface area contributed by atoms with Crippen molar-refractivity contribution >= 4 is 15.9 Å². The van der Waals surface area contributed by atoms with E-state index >= 15 is 0 Å². The van der Waals surface area contributed by atoms with Gasteiger partial charge in [0.1, 0.15) is 5.82 Å². The van der Waals surface area contributed by atoms with Gasteiger partial charge in [-0.3, -0.25) is 4.79 Å². The van der Waals surface area contributed by atoms with Gasteiger partial charge in [0.15, 0.2) is 0 Å². The van der Waals surface area contributed by atoms with Gasteiger partial charge in [-0.15, -0.1) is 0 Å². The number of carbonyl (C=O) groups is 1. The van der Waals surface area contributed by atoms with Crippen LogP contribution in [0.1, 0.15) is 18.4 Å². The van der Waals surface area contributed by atoms with E-state index in [1.165, 1.54) is 0 Å². The fourth-order valence-corrected chi connectivity index (χ4v) is 3.97. The van der Waals surface area contributed by atoms with Crippen LogP contribution in [0.4, 0.5) is 17.6 Å². The number of piperidine rings is 1. The normalized spacial score (nSPS) is 20.4. The molecule has 2 N–H and O–H groups in total. The van der Waals surface area contributed by atoms with Crippen LogP contribution in [-0.2, 0) is 21.0 Å². The molecular weight excluding hydrogens is 340 g/mol. The van der Waals surface area contributed by atoms with Gasteiger partial charge in [0.25, 0.3) is 0 Å². The Kier molecular flexibility index (Phi) is 4.67. The van der Waals surface area contributed by atoms with Gasteiger partial charge in [-0.2, -0.15) is 17.5 Å². The summed E-state index contributed by atoms with van der Waals surface area (Å²) in [5.74, 6) is -2.91. The number of amides is 1. The van der Waals surface area contributed by atoms with Crippen LogP contribution < -0.4 is 5.73 Å². The number of alkyl halides is 3. The molecular formula is C13H14F4N2O3S. The highest BCUT2D eigenvalue weighted by atomic mass is 32.2. The van der Waals surface area contributed by atoms with Crippen LogP contribution in [0, 0.1) is 11.7 Å². The van der Waals surface area contributed by atoms with Crippen LogP contribution in [0.2, 0.25) is 0 Å². The quantitative estimate of drug-likeness (QED) is 0.840. The summed E-state index contributed by atoms with van der Waals surface area (Å²) >= 11 is 0. The topological polar surface area (TPSA) is 80.5 Å². The maximum atomic E-state index is 13.3. The predicted octanol–water partition coefficient (Wildman–Crippen LogP) is 1.73. The third-order valence-corrected chi connectivity index (χ3v) is 5.53. The second-order valence-corrected chi connectivity index (χ2v) is 7.18. The van der Waals surface area contributed by atoms with E-state index in [2.05, 4.69) is 0 Å². The minimum absolute atomic E-state index is 0.0604. The molecule has 1 aliphatic heterocycles. The van der Waals surface area contributed by atoms with E-state index in [0.29, 0.717) is 18.9 Å². The van der Waals surface area contributed by atoms with Crippen molar-refractivity contribution in [3.8, 4) is 0 Å². The van der Waals surface area contributed by atoms with Gasteiger partial charge >= 0.3 is 6.18 Å². The largest absolute Gasteiger partial charge is 0.419 e. The van der Waals surface area contributed by atoms with Crippen molar-refractivity contribution in [2.45, 2.75) is 23.9 Å². The van der Waals surface area contributed by atoms with Crippen molar-refractivity contribution in [1.29, 1.82) is 0 Å². The molecule has 1 amide bonds. The first-order valence-electron chi connectivity index (χ1n) is 6.69. The van der Waals surface area contributed by atoms with E-state index in [4.69, 9.17) is 5.73 Å². The van der Waals surface area contributed by atoms with E-state index in [1.54, 1.807) is 0 Å². The predicted molar refractivity (Wildman–Crippen MR) is 72.1 cm³/mol. The van der Waals surface area contributed by atoms with Crippen LogP contribution in [0.5, 0.6) is 0 Å². The zero-order chi connectivity index (χ0) is 17.4. The third-order valence-electron chi connectivity index (χ3n) is 3.67. The summed E-state index contributed by atoms with van der Waals surface area (Å²) in [5, 5.41) is 0. The summed E-state index contributed by atoms with van der Waals surface area (Å²) in [6.45, 7) is -0.138. The maximum Gasteiger partial charge on any atom is 0.419 e. The van der Waals surface area contributed by atoms with E-state index in [-0.39, 0.29) is 19.2 Å². The summed E-state index contributed by atoms with van der Waals surface area (Å²) in [5.41, 5.74) is 3.50. The second-order valence-electron chi connectivity index (χ2n) is 5.24. The van der Waals surface area contributed by atoms with Gasteiger partial charge in [0.05, 0.1) is 16.4 Å². The molecule has 1 aromatic rings. The Labute approximate surface area is 130 Å². The van der Waals surface area contributed by atoms with Crippen molar-refractivity contribution in [2.24, 2.45) is 11.7 Å². The lowest BCUT2D eigenvalue weighted by Crippen LogP contribution is -2.44. The number of nitrogens with two attached hydrogens (primary N) is 1. The third kappa shape index (κ3) is 3.63. The van der Waals surface area contributed by atoms with Gasteiger partial charge in [-0.25, -0.2) is 12.8 Å². The zero-order valence-corrected chi connectivity index (χ0v) is 12.6. The van der Waals surface area contributed by atoms with Gasteiger partial charge in [-0.05, 0) is 31.0 Å². The summed E-state index contributed by atoms with van der Waals surface area (Å²) < 4.78 is 77.2. The van der Waals surface area contributed by atoms with Crippen molar-refractivity contribution in [1.82, 2.24) is 4.31 Å². The molecule has 1 fully saturated rings. The van der Waals surface area contributed by atoms with Gasteiger partial charge in [0.2, 0.25) is 15.9 Å². The molecule has 10 heteroatoms. The number of benzene rings is 1. The molecule has 5 nitrogen and oxygen atoms in total. The molecule has 0 bridgehead atoms. The number of nitrogens with zero attached hydrogens (tertiary/aromatic N) is 1. The highest BCUT2D eigenvalue weighted by molar-refractivity contribution is 7.89. The molecule has 0 saturated carbocycles. The van der Waals surface area contributed by atoms with Gasteiger partial charge < -0.3 is 5.73 Å². The molecule has 1 unspecified atom stereocenters. The smallest absolute Gasteiger partial charge is 0.369 e. The van der Waals surface area contributed by atoms with E-state index < -0.39 is 44.3 Å². The Morgan fingerprint density at radius 2 is 1.96 bits per heavy atom. The highest BCUT2D eigenvalue weighted by Gasteiger charge is 2.37. The fourth-order valence-electron chi connectivity index (χ4n) is 2.42. The van der Waals surface area contributed by atoms with Crippen LogP contribution in [0.25, 0.3) is 0 Å². The minimum atomic E-state index is -5.01. The Bertz CT molecular complexity index is 718. The highest BCUT2D eigenvalue weighted by Crippen LogP contribution is 2.34. The van der Waals surface area contributed by atoms with Crippen molar-refractivity contribution < 1.29 is 30.8 Å². The number of primary amides is 1.